The fourth-order valence-electron chi connectivity index (χ4n) is 6.92. The van der Waals surface area contributed by atoms with Gasteiger partial charge in [0.05, 0.1) is 23.8 Å². The summed E-state index contributed by atoms with van der Waals surface area (Å²) in [6.45, 7) is 2.36. The molecule has 4 bridgehead atoms. The summed E-state index contributed by atoms with van der Waals surface area (Å²) in [6, 6.07) is 9.56. The Balaban J connectivity index is 1.47. The van der Waals surface area contributed by atoms with E-state index in [9.17, 15) is 52.2 Å². The maximum absolute atomic E-state index is 14.4. The van der Waals surface area contributed by atoms with E-state index in [2.05, 4.69) is 42.2 Å². The van der Waals surface area contributed by atoms with Crippen molar-refractivity contribution in [2.75, 3.05) is 20.2 Å². The molecule has 2 aliphatic heterocycles. The van der Waals surface area contributed by atoms with E-state index < -0.39 is 78.0 Å². The number of aromatic nitrogens is 3. The number of nitrogens with zero attached hydrogens (tertiary/aromatic N) is 3. The van der Waals surface area contributed by atoms with E-state index >= 15 is 0 Å². The molecule has 4 aromatic rings. The van der Waals surface area contributed by atoms with Crippen LogP contribution in [0.3, 0.4) is 0 Å². The molecule has 0 spiro atoms. The van der Waals surface area contributed by atoms with Gasteiger partial charge < -0.3 is 46.9 Å². The number of aromatic hydroxyl groups is 1. The maximum Gasteiger partial charge on any atom is 0.416 e. The number of nitrogens with one attached hydrogen (secondary N) is 6. The average molecular weight is 922 g/mol. The number of rotatable bonds is 8. The first-order chi connectivity index (χ1) is 31.5. The van der Waals surface area contributed by atoms with Crippen LogP contribution in [-0.4, -0.2) is 111 Å². The minimum Gasteiger partial charge on any atom is -0.508 e. The number of carbonyl (C=O) groups excluding carboxylic acids is 5. The molecule has 66 heavy (non-hydrogen) atoms. The normalized spacial score (nSPS) is 20.4. The Hall–Kier alpha value is -7.03. The van der Waals surface area contributed by atoms with Crippen molar-refractivity contribution >= 4 is 35.5 Å². The van der Waals surface area contributed by atoms with Crippen molar-refractivity contribution < 1.29 is 56.9 Å². The highest BCUT2D eigenvalue weighted by Crippen LogP contribution is 2.30. The van der Waals surface area contributed by atoms with Gasteiger partial charge in [-0.05, 0) is 80.3 Å². The van der Waals surface area contributed by atoms with Gasteiger partial charge in [-0.1, -0.05) is 47.7 Å². The quantitative estimate of drug-likeness (QED) is 0.118. The van der Waals surface area contributed by atoms with Crippen LogP contribution in [0.5, 0.6) is 11.5 Å². The van der Waals surface area contributed by atoms with Gasteiger partial charge in [0, 0.05) is 44.8 Å². The highest BCUT2D eigenvalue weighted by atomic mass is 19.4. The van der Waals surface area contributed by atoms with E-state index in [1.807, 2.05) is 0 Å². The van der Waals surface area contributed by atoms with Crippen molar-refractivity contribution in [1.82, 2.24) is 46.9 Å². The van der Waals surface area contributed by atoms with Gasteiger partial charge in [-0.3, -0.25) is 24.0 Å². The summed E-state index contributed by atoms with van der Waals surface area (Å²) in [7, 11) is 1.55. The maximum atomic E-state index is 14.4. The first kappa shape index (κ1) is 50.0. The zero-order valence-corrected chi connectivity index (χ0v) is 36.4. The number of amides is 5. The Bertz CT molecular complexity index is 2290. The van der Waals surface area contributed by atoms with Gasteiger partial charge in [0.2, 0.25) is 29.5 Å². The Kier molecular flexibility index (Phi) is 18.0. The monoisotopic (exact) mass is 921 g/mol. The number of phenolic OH excluding ortho intramolecular Hbond substituents is 1. The summed E-state index contributed by atoms with van der Waals surface area (Å²) >= 11 is 0. The molecule has 3 heterocycles. The second kappa shape index (κ2) is 23.8. The van der Waals surface area contributed by atoms with Gasteiger partial charge in [0.1, 0.15) is 42.3 Å². The number of phenols is 1. The number of alkyl halides is 3. The molecule has 0 unspecified atom stereocenters. The number of ether oxygens (including phenoxy) is 1. The van der Waals surface area contributed by atoms with Gasteiger partial charge in [0.15, 0.2) is 0 Å². The fraction of sp³-hybridized carbons (Fsp3) is 0.422. The summed E-state index contributed by atoms with van der Waals surface area (Å²) in [5, 5.41) is 44.3. The first-order valence-electron chi connectivity index (χ1n) is 21.4. The number of halogens is 3. The number of hydrogen-bond acceptors (Lipinski definition) is 11. The van der Waals surface area contributed by atoms with Crippen molar-refractivity contribution in [2.45, 2.75) is 101 Å². The van der Waals surface area contributed by atoms with Crippen LogP contribution in [0.15, 0.2) is 79.0 Å². The molecule has 0 fully saturated rings. The van der Waals surface area contributed by atoms with E-state index in [1.165, 1.54) is 30.3 Å². The number of carboxylic acid groups (broad SMARTS) is 1. The number of aryl methyl sites for hydroxylation is 1. The lowest BCUT2D eigenvalue weighted by Crippen LogP contribution is -2.59. The van der Waals surface area contributed by atoms with E-state index in [1.54, 1.807) is 49.1 Å². The molecule has 18 nitrogen and oxygen atoms in total. The van der Waals surface area contributed by atoms with Crippen molar-refractivity contribution in [3.05, 3.63) is 107 Å². The molecule has 21 heteroatoms. The molecule has 8 N–H and O–H groups in total. The number of benzene rings is 3. The van der Waals surface area contributed by atoms with Crippen LogP contribution in [0.1, 0.15) is 60.6 Å². The Morgan fingerprint density at radius 1 is 0.894 bits per heavy atom. The van der Waals surface area contributed by atoms with Crippen LogP contribution in [0.4, 0.5) is 13.2 Å². The third-order valence-corrected chi connectivity index (χ3v) is 10.8. The topological polar surface area (TPSA) is 255 Å². The highest BCUT2D eigenvalue weighted by molar-refractivity contribution is 5.95. The number of carbonyl (C=O) groups is 6. The van der Waals surface area contributed by atoms with Gasteiger partial charge >= 0.3 is 12.1 Å². The Morgan fingerprint density at radius 2 is 1.58 bits per heavy atom. The van der Waals surface area contributed by atoms with Crippen LogP contribution < -0.4 is 36.6 Å². The predicted molar refractivity (Wildman–Crippen MR) is 232 cm³/mol. The molecule has 1 aromatic heterocycles. The number of likely N-dealkylation sites (N-methyl/N-ethyl adjacent to an activating group) is 1. The van der Waals surface area contributed by atoms with Gasteiger partial charge in [-0.15, -0.1) is 5.10 Å². The predicted octanol–water partition coefficient (Wildman–Crippen LogP) is 1.97. The van der Waals surface area contributed by atoms with Crippen LogP contribution in [-0.2, 0) is 67.2 Å². The van der Waals surface area contributed by atoms with Crippen molar-refractivity contribution in [3.63, 3.8) is 0 Å². The summed E-state index contributed by atoms with van der Waals surface area (Å²) in [6.07, 6.45) is -2.73. The molecule has 5 amide bonds. The average Bonchev–Trinajstić information content (AvgIpc) is 3.74. The summed E-state index contributed by atoms with van der Waals surface area (Å²) in [5.41, 5.74) is 0.479. The van der Waals surface area contributed by atoms with Crippen LogP contribution in [0, 0.1) is 0 Å². The van der Waals surface area contributed by atoms with Crippen LogP contribution in [0.2, 0.25) is 0 Å². The third kappa shape index (κ3) is 15.6. The van der Waals surface area contributed by atoms with Crippen LogP contribution in [0.25, 0.3) is 0 Å². The van der Waals surface area contributed by atoms with E-state index in [-0.39, 0.29) is 56.1 Å². The number of fused-ring (bicyclic) bond motifs is 22. The molecule has 0 aliphatic carbocycles. The first-order valence-corrected chi connectivity index (χ1v) is 21.4. The van der Waals surface area contributed by atoms with Gasteiger partial charge in [-0.25, -0.2) is 9.48 Å². The molecule has 0 radical (unpaired) electrons. The lowest BCUT2D eigenvalue weighted by Gasteiger charge is -2.27. The summed E-state index contributed by atoms with van der Waals surface area (Å²) in [5.74, 6) is -4.62. The Morgan fingerprint density at radius 3 is 2.26 bits per heavy atom. The molecule has 354 valence electrons. The minimum atomic E-state index is -4.74. The molecule has 0 saturated heterocycles. The molecule has 5 atom stereocenters. The number of carboxylic acids is 1. The minimum absolute atomic E-state index is 0.0182. The van der Waals surface area contributed by atoms with Crippen molar-refractivity contribution in [2.24, 2.45) is 0 Å². The van der Waals surface area contributed by atoms with E-state index in [4.69, 9.17) is 4.74 Å². The van der Waals surface area contributed by atoms with Gasteiger partial charge in [0.25, 0.3) is 0 Å². The lowest BCUT2D eigenvalue weighted by atomic mass is 9.99. The van der Waals surface area contributed by atoms with E-state index in [0.29, 0.717) is 48.4 Å². The van der Waals surface area contributed by atoms with Crippen molar-refractivity contribution in [1.29, 1.82) is 0 Å². The fourth-order valence-corrected chi connectivity index (χ4v) is 6.92. The van der Waals surface area contributed by atoms with Crippen LogP contribution >= 0.6 is 0 Å². The molecule has 6 rings (SSSR count). The van der Waals surface area contributed by atoms with Gasteiger partial charge in [-0.2, -0.15) is 13.2 Å². The molecule has 0 saturated carbocycles. The summed E-state index contributed by atoms with van der Waals surface area (Å²) < 4.78 is 48.8. The highest BCUT2D eigenvalue weighted by Gasteiger charge is 2.34. The summed E-state index contributed by atoms with van der Waals surface area (Å²) in [4.78, 5) is 80.9. The molecule has 3 aromatic carbocycles. The Labute approximate surface area is 378 Å². The zero-order chi connectivity index (χ0) is 47.8. The standard InChI is InChI=1S/C45H54F3N9O9/c1-27(49-2)40(60)51-35-8-3-4-19-50-39(59)18-13-32-26-57(56-55-32)20-21-66-34-16-11-29(12-17-34)24-38(44(64)65)54-43(63)37(25-30-6-5-7-31(22-30)45(46,47)48)53-42(62)36(52-41(35)61)23-28-9-14-33(58)15-10-28/h5-7,9-12,14-17,22,26-27,35-38,49,58H,3-4,8,13,18-21,23-25H2,1-2H3,(H,50,59)(H,51,60)(H,52,61)(H,53,62)(H,54,63)(H,64,65)/t27-,35-,36-,37-,38+/m0/s1. The SMILES string of the molecule is CN[C@@H](C)C(=O)N[C@H]1CCCCNC(=O)CCc2cn(nn2)CCOc2ccc(cc2)C[C@H](C(=O)O)NC(=O)[C@H](Cc2cccc(C(F)(F)F)c2)NC(=O)[C@H](Cc2ccc(O)cc2)NC1=O. The number of hydrogen-bond donors (Lipinski definition) is 8. The largest absolute Gasteiger partial charge is 0.508 e. The number of aliphatic carboxylic acids is 1. The lowest BCUT2D eigenvalue weighted by molar-refractivity contribution is -0.142. The molecule has 2 aliphatic rings. The third-order valence-electron chi connectivity index (χ3n) is 10.8. The van der Waals surface area contributed by atoms with Crippen molar-refractivity contribution in [3.8, 4) is 11.5 Å². The zero-order valence-electron chi connectivity index (χ0n) is 36.4. The molecular formula is C45H54F3N9O9. The second-order valence-corrected chi connectivity index (χ2v) is 15.9. The van der Waals surface area contributed by atoms with E-state index in [0.717, 1.165) is 18.2 Å². The smallest absolute Gasteiger partial charge is 0.416 e. The second-order valence-electron chi connectivity index (χ2n) is 15.9. The molecular weight excluding hydrogens is 868 g/mol.